The van der Waals surface area contributed by atoms with Crippen molar-refractivity contribution in [2.75, 3.05) is 18.1 Å². The molecule has 6 heteroatoms. The van der Waals surface area contributed by atoms with Gasteiger partial charge in [-0.05, 0) is 38.6 Å². The van der Waals surface area contributed by atoms with Crippen molar-refractivity contribution in [2.24, 2.45) is 0 Å². The molecule has 0 saturated carbocycles. The minimum Gasteiger partial charge on any atom is -0.306 e. The molecule has 2 heterocycles. The molecule has 1 N–H and O–H groups in total. The number of nitrogens with one attached hydrogen (secondary N) is 1. The fraction of sp³-hybridized carbons (Fsp3) is 0.769. The van der Waals surface area contributed by atoms with Crippen LogP contribution in [0.2, 0.25) is 0 Å². The van der Waals surface area contributed by atoms with Crippen LogP contribution in [0.1, 0.15) is 41.8 Å². The zero-order valence-corrected chi connectivity index (χ0v) is 12.9. The van der Waals surface area contributed by atoms with Gasteiger partial charge in [-0.3, -0.25) is 0 Å². The van der Waals surface area contributed by atoms with Crippen LogP contribution in [0.15, 0.2) is 0 Å². The van der Waals surface area contributed by atoms with Gasteiger partial charge in [-0.2, -0.15) is 0 Å². The molecule has 0 bridgehead atoms. The first kappa shape index (κ1) is 13.5. The summed E-state index contributed by atoms with van der Waals surface area (Å²) in [5, 5.41) is 4.64. The second-order valence-corrected chi connectivity index (χ2v) is 8.89. The third kappa shape index (κ3) is 2.45. The maximum atomic E-state index is 11.7. The Morgan fingerprint density at radius 2 is 2.05 bits per heavy atom. The molecule has 0 aromatic carbocycles. The summed E-state index contributed by atoms with van der Waals surface area (Å²) in [7, 11) is -2.84. The quantitative estimate of drug-likeness (QED) is 0.922. The van der Waals surface area contributed by atoms with Crippen molar-refractivity contribution in [3.8, 4) is 0 Å². The number of aromatic nitrogens is 1. The molecule has 0 unspecified atom stereocenters. The largest absolute Gasteiger partial charge is 0.306 e. The van der Waals surface area contributed by atoms with E-state index in [0.29, 0.717) is 12.8 Å². The van der Waals surface area contributed by atoms with Gasteiger partial charge in [0.25, 0.3) is 0 Å². The maximum absolute atomic E-state index is 11.7. The van der Waals surface area contributed by atoms with E-state index in [4.69, 9.17) is 4.98 Å². The molecule has 3 rings (SSSR count). The topological polar surface area (TPSA) is 59.1 Å². The van der Waals surface area contributed by atoms with Gasteiger partial charge in [0.05, 0.1) is 22.7 Å². The fourth-order valence-corrected chi connectivity index (χ4v) is 5.98. The van der Waals surface area contributed by atoms with Crippen molar-refractivity contribution in [3.05, 3.63) is 15.6 Å². The van der Waals surface area contributed by atoms with Crippen LogP contribution in [-0.4, -0.2) is 31.5 Å². The van der Waals surface area contributed by atoms with Crippen LogP contribution in [-0.2, 0) is 28.2 Å². The number of thiazole rings is 1. The van der Waals surface area contributed by atoms with Crippen molar-refractivity contribution in [2.45, 2.75) is 44.6 Å². The van der Waals surface area contributed by atoms with Gasteiger partial charge in [0.15, 0.2) is 0 Å². The van der Waals surface area contributed by atoms with Crippen molar-refractivity contribution in [3.63, 3.8) is 0 Å². The Bertz CT molecular complexity index is 542. The summed E-state index contributed by atoms with van der Waals surface area (Å²) in [4.78, 5) is 6.23. The number of hydrogen-bond donors (Lipinski definition) is 1. The number of sulfone groups is 1. The molecule has 1 aliphatic carbocycles. The van der Waals surface area contributed by atoms with Crippen LogP contribution >= 0.6 is 11.3 Å². The van der Waals surface area contributed by atoms with Crippen molar-refractivity contribution in [1.29, 1.82) is 0 Å². The molecule has 0 spiro atoms. The fourth-order valence-electron chi connectivity index (χ4n) is 3.09. The van der Waals surface area contributed by atoms with Crippen LogP contribution in [0.3, 0.4) is 0 Å². The lowest BCUT2D eigenvalue weighted by Gasteiger charge is -2.36. The van der Waals surface area contributed by atoms with E-state index in [1.807, 2.05) is 0 Å². The lowest BCUT2D eigenvalue weighted by molar-refractivity contribution is 0.305. The molecule has 1 saturated heterocycles. The molecule has 1 aromatic heterocycles. The Labute approximate surface area is 118 Å². The van der Waals surface area contributed by atoms with Crippen molar-refractivity contribution < 1.29 is 8.42 Å². The number of rotatable bonds is 3. The Kier molecular flexibility index (Phi) is 3.43. The number of fused-ring (bicyclic) bond motifs is 1. The highest BCUT2D eigenvalue weighted by atomic mass is 32.2. The number of hydrogen-bond acceptors (Lipinski definition) is 5. The van der Waals surface area contributed by atoms with Crippen LogP contribution < -0.4 is 5.32 Å². The predicted molar refractivity (Wildman–Crippen MR) is 77.4 cm³/mol. The molecular formula is C13H20N2O2S2. The first-order valence-corrected chi connectivity index (χ1v) is 9.63. The highest BCUT2D eigenvalue weighted by Crippen LogP contribution is 2.39. The van der Waals surface area contributed by atoms with Crippen LogP contribution in [0.5, 0.6) is 0 Å². The summed E-state index contributed by atoms with van der Waals surface area (Å²) >= 11 is 1.80. The summed E-state index contributed by atoms with van der Waals surface area (Å²) in [6.45, 7) is 2.93. The van der Waals surface area contributed by atoms with E-state index in [9.17, 15) is 8.42 Å². The molecular weight excluding hydrogens is 280 g/mol. The smallest absolute Gasteiger partial charge is 0.150 e. The molecule has 1 aromatic rings. The first-order valence-electron chi connectivity index (χ1n) is 6.99. The molecule has 0 radical (unpaired) electrons. The van der Waals surface area contributed by atoms with Gasteiger partial charge >= 0.3 is 0 Å². The average Bonchev–Trinajstić information content (AvgIpc) is 2.93. The lowest BCUT2D eigenvalue weighted by atomic mass is 9.93. The van der Waals surface area contributed by atoms with Gasteiger partial charge in [0, 0.05) is 4.88 Å². The highest BCUT2D eigenvalue weighted by Gasteiger charge is 2.41. The second-order valence-electron chi connectivity index (χ2n) is 5.51. The number of aryl methyl sites for hydroxylation is 2. The summed E-state index contributed by atoms with van der Waals surface area (Å²) in [6, 6.07) is 0. The van der Waals surface area contributed by atoms with Gasteiger partial charge in [-0.25, -0.2) is 13.4 Å². The molecule has 0 atom stereocenters. The van der Waals surface area contributed by atoms with E-state index in [-0.39, 0.29) is 17.0 Å². The van der Waals surface area contributed by atoms with Crippen molar-refractivity contribution >= 4 is 21.2 Å². The standard InChI is InChI=1S/C13H20N2O2S2/c1-2-14-13(6-8-19(16,17)9-7-13)12-15-10-4-3-5-11(10)18-12/h14H,2-9H2,1H3. The zero-order chi connectivity index (χ0) is 13.5. The summed E-state index contributed by atoms with van der Waals surface area (Å²) in [5.41, 5.74) is 1.06. The van der Waals surface area contributed by atoms with E-state index in [0.717, 1.165) is 24.4 Å². The molecule has 1 aliphatic heterocycles. The SMILES string of the molecule is CCNC1(c2nc3c(s2)CCC3)CCS(=O)(=O)CC1. The molecule has 0 amide bonds. The van der Waals surface area contributed by atoms with Crippen LogP contribution in [0.25, 0.3) is 0 Å². The molecule has 2 aliphatic rings. The Hall–Kier alpha value is -0.460. The highest BCUT2D eigenvalue weighted by molar-refractivity contribution is 7.91. The van der Waals surface area contributed by atoms with Crippen molar-refractivity contribution in [1.82, 2.24) is 10.3 Å². The minimum absolute atomic E-state index is 0.199. The van der Waals surface area contributed by atoms with Gasteiger partial charge < -0.3 is 5.32 Å². The molecule has 1 fully saturated rings. The van der Waals surface area contributed by atoms with Gasteiger partial charge in [0.2, 0.25) is 0 Å². The van der Waals surface area contributed by atoms with Crippen LogP contribution in [0, 0.1) is 0 Å². The molecule has 19 heavy (non-hydrogen) atoms. The number of nitrogens with zero attached hydrogens (tertiary/aromatic N) is 1. The predicted octanol–water partition coefficient (Wildman–Crippen LogP) is 1.65. The van der Waals surface area contributed by atoms with E-state index < -0.39 is 9.84 Å². The summed E-state index contributed by atoms with van der Waals surface area (Å²) < 4.78 is 23.3. The average molecular weight is 300 g/mol. The third-order valence-corrected chi connectivity index (χ3v) is 7.21. The van der Waals surface area contributed by atoms with E-state index >= 15 is 0 Å². The van der Waals surface area contributed by atoms with Crippen LogP contribution in [0.4, 0.5) is 0 Å². The lowest BCUT2D eigenvalue weighted by Crippen LogP contribution is -2.48. The van der Waals surface area contributed by atoms with Gasteiger partial charge in [-0.15, -0.1) is 11.3 Å². The summed E-state index contributed by atoms with van der Waals surface area (Å²) in [5.74, 6) is 0.564. The van der Waals surface area contributed by atoms with Gasteiger partial charge in [-0.1, -0.05) is 6.92 Å². The Morgan fingerprint density at radius 1 is 1.32 bits per heavy atom. The molecule has 4 nitrogen and oxygen atoms in total. The second kappa shape index (κ2) is 4.82. The minimum atomic E-state index is -2.84. The maximum Gasteiger partial charge on any atom is 0.150 e. The molecule has 106 valence electrons. The third-order valence-electron chi connectivity index (χ3n) is 4.20. The van der Waals surface area contributed by atoms with E-state index in [2.05, 4.69) is 12.2 Å². The zero-order valence-electron chi connectivity index (χ0n) is 11.2. The van der Waals surface area contributed by atoms with E-state index in [1.54, 1.807) is 11.3 Å². The first-order chi connectivity index (χ1) is 9.05. The Balaban J connectivity index is 1.92. The van der Waals surface area contributed by atoms with E-state index in [1.165, 1.54) is 17.0 Å². The monoisotopic (exact) mass is 300 g/mol. The Morgan fingerprint density at radius 3 is 2.68 bits per heavy atom. The summed E-state index contributed by atoms with van der Waals surface area (Å²) in [6.07, 6.45) is 4.78. The van der Waals surface area contributed by atoms with Gasteiger partial charge in [0.1, 0.15) is 14.8 Å². The normalized spacial score (nSPS) is 24.3.